The molecule has 39 heavy (non-hydrogen) atoms. The predicted molar refractivity (Wildman–Crippen MR) is 146 cm³/mol. The van der Waals surface area contributed by atoms with Crippen LogP contribution in [-0.4, -0.2) is 48.9 Å². The van der Waals surface area contributed by atoms with Gasteiger partial charge in [0.15, 0.2) is 5.82 Å². The number of benzene rings is 3. The van der Waals surface area contributed by atoms with Crippen LogP contribution in [0.1, 0.15) is 34.5 Å². The van der Waals surface area contributed by atoms with Crippen molar-refractivity contribution in [3.05, 3.63) is 104 Å². The zero-order valence-corrected chi connectivity index (χ0v) is 23.2. The maximum Gasteiger partial charge on any atom is 0.270 e. The van der Waals surface area contributed by atoms with Crippen LogP contribution >= 0.6 is 27.7 Å². The first-order chi connectivity index (χ1) is 18.6. The summed E-state index contributed by atoms with van der Waals surface area (Å²) in [5, 5.41) is 30.9. The zero-order valence-electron chi connectivity index (χ0n) is 20.8. The van der Waals surface area contributed by atoms with E-state index < -0.39 is 16.3 Å². The van der Waals surface area contributed by atoms with Gasteiger partial charge in [0, 0.05) is 35.0 Å². The highest BCUT2D eigenvalue weighted by molar-refractivity contribution is 9.10. The van der Waals surface area contributed by atoms with E-state index in [2.05, 4.69) is 26.2 Å². The number of likely N-dealkylation sites (tertiary alicyclic amines) is 1. The summed E-state index contributed by atoms with van der Waals surface area (Å²) in [6, 6.07) is 16.9. The Bertz CT molecular complexity index is 1550. The first-order valence-corrected chi connectivity index (χ1v) is 13.7. The maximum atomic E-state index is 14.5. The van der Waals surface area contributed by atoms with Gasteiger partial charge >= 0.3 is 0 Å². The standard InChI is InChI=1S/C27H23BrFN5O4S/c1-17-5-8-19(9-6-17)39-23-10-7-18(34(37)38)15-20(23)26(35)32-13-11-27(36,12-14-32)24-16-33(31-30-24)22-4-2-3-21(28)25(22)29/h2-10,15-16,36H,11-14H2,1H3. The van der Waals surface area contributed by atoms with E-state index in [1.165, 1.54) is 34.8 Å². The van der Waals surface area contributed by atoms with Crippen LogP contribution in [-0.2, 0) is 5.60 Å². The van der Waals surface area contributed by atoms with Crippen molar-refractivity contribution in [2.24, 2.45) is 0 Å². The number of nitro groups is 1. The lowest BCUT2D eigenvalue weighted by atomic mass is 9.88. The molecular weight excluding hydrogens is 589 g/mol. The summed E-state index contributed by atoms with van der Waals surface area (Å²) in [7, 11) is 0. The number of amides is 1. The third-order valence-electron chi connectivity index (χ3n) is 6.68. The van der Waals surface area contributed by atoms with Crippen LogP contribution in [0, 0.1) is 22.9 Å². The molecule has 9 nitrogen and oxygen atoms in total. The number of carbonyl (C=O) groups excluding carboxylic acids is 1. The summed E-state index contributed by atoms with van der Waals surface area (Å²) in [4.78, 5) is 27.6. The number of non-ortho nitro benzene ring substituents is 1. The van der Waals surface area contributed by atoms with Gasteiger partial charge in [0.2, 0.25) is 0 Å². The monoisotopic (exact) mass is 611 g/mol. The summed E-state index contributed by atoms with van der Waals surface area (Å²) in [5.74, 6) is -0.854. The van der Waals surface area contributed by atoms with Gasteiger partial charge in [-0.15, -0.1) is 5.10 Å². The Kier molecular flexibility index (Phi) is 7.52. The number of aryl methyl sites for hydroxylation is 1. The molecular formula is C27H23BrFN5O4S. The lowest BCUT2D eigenvalue weighted by Gasteiger charge is -2.37. The molecule has 1 fully saturated rings. The number of aliphatic hydroxyl groups is 1. The fourth-order valence-corrected chi connectivity index (χ4v) is 5.67. The summed E-state index contributed by atoms with van der Waals surface area (Å²) in [5.41, 5.74) is 0.262. The smallest absolute Gasteiger partial charge is 0.270 e. The molecule has 2 heterocycles. The van der Waals surface area contributed by atoms with Crippen LogP contribution in [0.3, 0.4) is 0 Å². The number of nitro benzene ring substituents is 1. The average molecular weight is 612 g/mol. The molecule has 1 saturated heterocycles. The van der Waals surface area contributed by atoms with E-state index in [1.54, 1.807) is 29.2 Å². The molecule has 0 atom stereocenters. The van der Waals surface area contributed by atoms with Crippen molar-refractivity contribution in [2.75, 3.05) is 13.1 Å². The zero-order chi connectivity index (χ0) is 27.7. The Balaban J connectivity index is 1.35. The van der Waals surface area contributed by atoms with Gasteiger partial charge < -0.3 is 10.0 Å². The molecule has 4 aromatic rings. The molecule has 12 heteroatoms. The van der Waals surface area contributed by atoms with Crippen molar-refractivity contribution in [3.8, 4) is 5.69 Å². The SMILES string of the molecule is Cc1ccc(Sc2ccc([N+](=O)[O-])cc2C(=O)N2CCC(O)(c3cn(-c4cccc(Br)c4F)nn3)CC2)cc1. The van der Waals surface area contributed by atoms with Gasteiger partial charge in [0.05, 0.1) is 21.2 Å². The topological polar surface area (TPSA) is 114 Å². The molecule has 1 aliphatic heterocycles. The van der Waals surface area contributed by atoms with E-state index in [-0.39, 0.29) is 58.9 Å². The molecule has 0 radical (unpaired) electrons. The molecule has 200 valence electrons. The van der Waals surface area contributed by atoms with Crippen molar-refractivity contribution in [1.82, 2.24) is 19.9 Å². The Morgan fingerprint density at radius 3 is 2.56 bits per heavy atom. The van der Waals surface area contributed by atoms with Crippen molar-refractivity contribution in [3.63, 3.8) is 0 Å². The molecule has 1 amide bonds. The first-order valence-electron chi connectivity index (χ1n) is 12.1. The highest BCUT2D eigenvalue weighted by Crippen LogP contribution is 2.36. The highest BCUT2D eigenvalue weighted by Gasteiger charge is 2.38. The van der Waals surface area contributed by atoms with Crippen molar-refractivity contribution in [2.45, 2.75) is 35.2 Å². The number of hydrogen-bond acceptors (Lipinski definition) is 7. The van der Waals surface area contributed by atoms with Crippen molar-refractivity contribution >= 4 is 39.3 Å². The van der Waals surface area contributed by atoms with Crippen molar-refractivity contribution in [1.29, 1.82) is 0 Å². The molecule has 0 unspecified atom stereocenters. The van der Waals surface area contributed by atoms with E-state index in [0.717, 1.165) is 10.5 Å². The average Bonchev–Trinajstić information content (AvgIpc) is 3.43. The number of piperidine rings is 1. The third kappa shape index (κ3) is 5.58. The number of carbonyl (C=O) groups is 1. The van der Waals surface area contributed by atoms with E-state index in [1.807, 2.05) is 31.2 Å². The first kappa shape index (κ1) is 27.0. The van der Waals surface area contributed by atoms with E-state index in [9.17, 15) is 24.4 Å². The molecule has 0 spiro atoms. The van der Waals surface area contributed by atoms with E-state index in [4.69, 9.17) is 0 Å². The Morgan fingerprint density at radius 2 is 1.87 bits per heavy atom. The van der Waals surface area contributed by atoms with Gasteiger partial charge in [-0.25, -0.2) is 9.07 Å². The van der Waals surface area contributed by atoms with Crippen molar-refractivity contribution < 1.29 is 19.2 Å². The van der Waals surface area contributed by atoms with Crippen LogP contribution < -0.4 is 0 Å². The van der Waals surface area contributed by atoms with Crippen LogP contribution in [0.25, 0.3) is 5.69 Å². The number of nitrogens with zero attached hydrogens (tertiary/aromatic N) is 5. The summed E-state index contributed by atoms with van der Waals surface area (Å²) >= 11 is 4.51. The van der Waals surface area contributed by atoms with Gasteiger partial charge in [-0.05, 0) is 66.0 Å². The molecule has 0 aliphatic carbocycles. The van der Waals surface area contributed by atoms with Crippen LogP contribution in [0.2, 0.25) is 0 Å². The molecule has 0 saturated carbocycles. The van der Waals surface area contributed by atoms with Gasteiger partial charge in [0.1, 0.15) is 17.0 Å². The molecule has 0 bridgehead atoms. The Morgan fingerprint density at radius 1 is 1.15 bits per heavy atom. The van der Waals surface area contributed by atoms with E-state index in [0.29, 0.717) is 4.90 Å². The molecule has 3 aromatic carbocycles. The lowest BCUT2D eigenvalue weighted by Crippen LogP contribution is -2.45. The number of rotatable bonds is 6. The normalized spacial score (nSPS) is 14.8. The minimum absolute atomic E-state index is 0.170. The summed E-state index contributed by atoms with van der Waals surface area (Å²) < 4.78 is 16.1. The maximum absolute atomic E-state index is 14.5. The van der Waals surface area contributed by atoms with Gasteiger partial charge in [0.25, 0.3) is 11.6 Å². The number of aromatic nitrogens is 3. The fraction of sp³-hybridized carbons (Fsp3) is 0.222. The minimum atomic E-state index is -1.36. The van der Waals surface area contributed by atoms with Gasteiger partial charge in [-0.2, -0.15) is 0 Å². The summed E-state index contributed by atoms with van der Waals surface area (Å²) in [6.07, 6.45) is 1.83. The minimum Gasteiger partial charge on any atom is -0.383 e. The second-order valence-electron chi connectivity index (χ2n) is 9.30. The second kappa shape index (κ2) is 10.9. The number of halogens is 2. The molecule has 1 aromatic heterocycles. The predicted octanol–water partition coefficient (Wildman–Crippen LogP) is 5.66. The highest BCUT2D eigenvalue weighted by atomic mass is 79.9. The molecule has 5 rings (SSSR count). The molecule has 1 aliphatic rings. The van der Waals surface area contributed by atoms with Gasteiger partial charge in [-0.1, -0.05) is 40.7 Å². The van der Waals surface area contributed by atoms with E-state index >= 15 is 0 Å². The number of hydrogen-bond donors (Lipinski definition) is 1. The summed E-state index contributed by atoms with van der Waals surface area (Å²) in [6.45, 7) is 2.38. The Hall–Kier alpha value is -3.61. The quantitative estimate of drug-likeness (QED) is 0.221. The van der Waals surface area contributed by atoms with Crippen LogP contribution in [0.15, 0.2) is 81.1 Å². The molecule has 1 N–H and O–H groups in total. The second-order valence-corrected chi connectivity index (χ2v) is 11.3. The lowest BCUT2D eigenvalue weighted by molar-refractivity contribution is -0.384. The fourth-order valence-electron chi connectivity index (χ4n) is 4.39. The van der Waals surface area contributed by atoms with Crippen LogP contribution in [0.4, 0.5) is 10.1 Å². The van der Waals surface area contributed by atoms with Crippen LogP contribution in [0.5, 0.6) is 0 Å². The Labute approximate surface area is 235 Å². The van der Waals surface area contributed by atoms with Gasteiger partial charge in [-0.3, -0.25) is 14.9 Å². The largest absolute Gasteiger partial charge is 0.383 e. The third-order valence-corrected chi connectivity index (χ3v) is 8.38.